The lowest BCUT2D eigenvalue weighted by Gasteiger charge is -2.23. The number of benzene rings is 2. The molecule has 1 N–H and O–H groups in total. The number of rotatable bonds is 28. The van der Waals surface area contributed by atoms with Gasteiger partial charge in [0, 0.05) is 44.8 Å². The molecule has 12 nitrogen and oxygen atoms in total. The van der Waals surface area contributed by atoms with Crippen LogP contribution in [0.5, 0.6) is 0 Å². The Morgan fingerprint density at radius 3 is 1.75 bits per heavy atom. The molecule has 1 atom stereocenters. The smallest absolute Gasteiger partial charge is 0.309 e. The van der Waals surface area contributed by atoms with Gasteiger partial charge in [-0.25, -0.2) is 0 Å². The minimum atomic E-state index is -1.07. The number of aliphatic carboxylic acids is 1. The van der Waals surface area contributed by atoms with Gasteiger partial charge in [-0.2, -0.15) is 0 Å². The Kier molecular flexibility index (Phi) is 19.4. The van der Waals surface area contributed by atoms with Crippen LogP contribution in [0.4, 0.5) is 0 Å². The molecule has 12 heteroatoms. The molecule has 0 bridgehead atoms. The monoisotopic (exact) mass is 740 g/mol. The number of hydrogen-bond donors (Lipinski definition) is 1. The molecule has 0 fully saturated rings. The first-order chi connectivity index (χ1) is 25.4. The van der Waals surface area contributed by atoms with E-state index in [0.29, 0.717) is 71.9 Å². The minimum absolute atomic E-state index is 0.0198. The number of esters is 2. The third-order valence-electron chi connectivity index (χ3n) is 8.48. The fourth-order valence-electron chi connectivity index (χ4n) is 5.90. The Morgan fingerprint density at radius 2 is 1.19 bits per heavy atom. The second kappa shape index (κ2) is 23.6. The second-order valence-electron chi connectivity index (χ2n) is 14.1. The van der Waals surface area contributed by atoms with E-state index in [2.05, 4.69) is 24.3 Å². The molecule has 53 heavy (non-hydrogen) atoms. The SMILES string of the molecule is CC(C)(C)OC(=O)C(CCC(=O)O)CC(=O)COCC(=O)CCCCOCCOCCOCCCCC(=O)OCC1c2ccccc2-c2ccccc21. The minimum Gasteiger partial charge on any atom is -0.481 e. The van der Waals surface area contributed by atoms with Crippen LogP contribution in [-0.2, 0) is 52.4 Å². The summed E-state index contributed by atoms with van der Waals surface area (Å²) in [4.78, 5) is 60.2. The molecular weight excluding hydrogens is 684 g/mol. The summed E-state index contributed by atoms with van der Waals surface area (Å²) in [6, 6.07) is 16.6. The zero-order valence-electron chi connectivity index (χ0n) is 31.4. The van der Waals surface area contributed by atoms with Gasteiger partial charge in [0.25, 0.3) is 0 Å². The highest BCUT2D eigenvalue weighted by atomic mass is 16.6. The topological polar surface area (TPSA) is 161 Å². The predicted octanol–water partition coefficient (Wildman–Crippen LogP) is 6.10. The van der Waals surface area contributed by atoms with Gasteiger partial charge in [-0.05, 0) is 75.1 Å². The quantitative estimate of drug-likeness (QED) is 0.0790. The normalized spacial score (nSPS) is 12.9. The van der Waals surface area contributed by atoms with Gasteiger partial charge in [-0.1, -0.05) is 48.5 Å². The van der Waals surface area contributed by atoms with Crippen molar-refractivity contribution in [3.63, 3.8) is 0 Å². The molecule has 0 aromatic heterocycles. The summed E-state index contributed by atoms with van der Waals surface area (Å²) in [7, 11) is 0. The molecule has 2 aromatic carbocycles. The summed E-state index contributed by atoms with van der Waals surface area (Å²) >= 11 is 0. The zero-order valence-corrected chi connectivity index (χ0v) is 31.4. The maximum absolute atomic E-state index is 12.4. The van der Waals surface area contributed by atoms with Crippen molar-refractivity contribution in [3.05, 3.63) is 59.7 Å². The number of Topliss-reactive ketones (excluding diaryl/α,β-unsaturated/α-hetero) is 2. The van der Waals surface area contributed by atoms with E-state index >= 15 is 0 Å². The molecule has 0 heterocycles. The van der Waals surface area contributed by atoms with Crippen molar-refractivity contribution in [2.45, 2.75) is 90.1 Å². The lowest BCUT2D eigenvalue weighted by atomic mass is 9.97. The fourth-order valence-corrected chi connectivity index (χ4v) is 5.90. The first-order valence-electron chi connectivity index (χ1n) is 18.6. The highest BCUT2D eigenvalue weighted by Crippen LogP contribution is 2.44. The number of unbranched alkanes of at least 4 members (excludes halogenated alkanes) is 2. The third kappa shape index (κ3) is 17.2. The van der Waals surface area contributed by atoms with Crippen LogP contribution in [0.25, 0.3) is 11.1 Å². The first-order valence-corrected chi connectivity index (χ1v) is 18.6. The molecule has 0 radical (unpaired) electrons. The lowest BCUT2D eigenvalue weighted by Crippen LogP contribution is -2.31. The van der Waals surface area contributed by atoms with Crippen LogP contribution >= 0.6 is 0 Å². The number of carboxylic acid groups (broad SMARTS) is 1. The van der Waals surface area contributed by atoms with Gasteiger partial charge in [-0.3, -0.25) is 24.0 Å². The van der Waals surface area contributed by atoms with Gasteiger partial charge in [0.05, 0.1) is 32.3 Å². The largest absolute Gasteiger partial charge is 0.481 e. The molecule has 3 rings (SSSR count). The highest BCUT2D eigenvalue weighted by molar-refractivity contribution is 5.86. The highest BCUT2D eigenvalue weighted by Gasteiger charge is 2.29. The van der Waals surface area contributed by atoms with Crippen LogP contribution in [-0.4, -0.2) is 99.6 Å². The molecule has 292 valence electrons. The molecule has 0 amide bonds. The molecule has 2 aromatic rings. The van der Waals surface area contributed by atoms with Crippen molar-refractivity contribution in [2.75, 3.05) is 59.5 Å². The van der Waals surface area contributed by atoms with E-state index in [1.807, 2.05) is 24.3 Å². The average molecular weight is 741 g/mol. The summed E-state index contributed by atoms with van der Waals surface area (Å²) in [5.41, 5.74) is 4.06. The van der Waals surface area contributed by atoms with Crippen molar-refractivity contribution < 1.29 is 57.5 Å². The summed E-state index contributed by atoms with van der Waals surface area (Å²) < 4.78 is 32.9. The molecule has 0 aliphatic heterocycles. The molecule has 1 aliphatic carbocycles. The van der Waals surface area contributed by atoms with E-state index in [0.717, 1.165) is 6.42 Å². The van der Waals surface area contributed by atoms with E-state index in [9.17, 15) is 24.0 Å². The number of carboxylic acids is 1. The number of fused-ring (bicyclic) bond motifs is 3. The van der Waals surface area contributed by atoms with Crippen molar-refractivity contribution >= 4 is 29.5 Å². The van der Waals surface area contributed by atoms with E-state index in [4.69, 9.17) is 33.5 Å². The van der Waals surface area contributed by atoms with E-state index in [1.165, 1.54) is 22.3 Å². The lowest BCUT2D eigenvalue weighted by molar-refractivity contribution is -0.162. The van der Waals surface area contributed by atoms with Crippen LogP contribution in [0, 0.1) is 5.92 Å². The van der Waals surface area contributed by atoms with Crippen LogP contribution in [0.1, 0.15) is 95.6 Å². The molecular formula is C41H56O12. The molecule has 1 unspecified atom stereocenters. The van der Waals surface area contributed by atoms with Crippen molar-refractivity contribution in [3.8, 4) is 11.1 Å². The van der Waals surface area contributed by atoms with Crippen LogP contribution in [0.15, 0.2) is 48.5 Å². The Morgan fingerprint density at radius 1 is 0.660 bits per heavy atom. The Balaban J connectivity index is 1.09. The summed E-state index contributed by atoms with van der Waals surface area (Å²) in [6.45, 7) is 7.64. The first kappa shape index (κ1) is 43.4. The number of carbonyl (C=O) groups is 5. The Hall–Kier alpha value is -3.97. The standard InChI is InChI=1S/C41H56O12/c1-41(2,3)53-40(47)30(18-19-38(44)45)26-32(43)28-51-27-31(42)12-8-10-20-48-22-24-50-25-23-49-21-11-9-17-39(46)52-29-37-35-15-6-4-13-33(35)34-14-5-7-16-36(34)37/h4-7,13-16,30,37H,8-12,17-29H2,1-3H3,(H,44,45). The summed E-state index contributed by atoms with van der Waals surface area (Å²) in [5, 5.41) is 8.96. The van der Waals surface area contributed by atoms with E-state index in [1.54, 1.807) is 20.8 Å². The number of ether oxygens (including phenoxy) is 6. The molecule has 0 spiro atoms. The summed E-state index contributed by atoms with van der Waals surface area (Å²) in [6.07, 6.45) is 2.90. The average Bonchev–Trinajstić information content (AvgIpc) is 3.43. The number of ketones is 2. The van der Waals surface area contributed by atoms with E-state index in [-0.39, 0.29) is 56.6 Å². The van der Waals surface area contributed by atoms with Crippen LogP contribution < -0.4 is 0 Å². The Labute approximate surface area is 312 Å². The van der Waals surface area contributed by atoms with Crippen LogP contribution in [0.3, 0.4) is 0 Å². The van der Waals surface area contributed by atoms with Gasteiger partial charge in [-0.15, -0.1) is 0 Å². The predicted molar refractivity (Wildman–Crippen MR) is 196 cm³/mol. The van der Waals surface area contributed by atoms with Gasteiger partial charge >= 0.3 is 17.9 Å². The van der Waals surface area contributed by atoms with E-state index < -0.39 is 29.2 Å². The van der Waals surface area contributed by atoms with Gasteiger partial charge in [0.15, 0.2) is 11.6 Å². The molecule has 0 saturated heterocycles. The Bertz CT molecular complexity index is 1420. The second-order valence-corrected chi connectivity index (χ2v) is 14.1. The maximum atomic E-state index is 12.4. The number of carbonyl (C=O) groups excluding carboxylic acids is 4. The number of hydrogen-bond acceptors (Lipinski definition) is 11. The van der Waals surface area contributed by atoms with Crippen molar-refractivity contribution in [2.24, 2.45) is 5.92 Å². The van der Waals surface area contributed by atoms with Gasteiger partial charge in [0.2, 0.25) is 0 Å². The molecule has 1 aliphatic rings. The van der Waals surface area contributed by atoms with Crippen LogP contribution in [0.2, 0.25) is 0 Å². The fraction of sp³-hybridized carbons (Fsp3) is 0.585. The van der Waals surface area contributed by atoms with Gasteiger partial charge < -0.3 is 33.5 Å². The third-order valence-corrected chi connectivity index (χ3v) is 8.48. The molecule has 0 saturated carbocycles. The maximum Gasteiger partial charge on any atom is 0.309 e. The van der Waals surface area contributed by atoms with Gasteiger partial charge in [0.1, 0.15) is 25.4 Å². The zero-order chi connectivity index (χ0) is 38.5. The van der Waals surface area contributed by atoms with Crippen molar-refractivity contribution in [1.82, 2.24) is 0 Å². The van der Waals surface area contributed by atoms with Crippen molar-refractivity contribution in [1.29, 1.82) is 0 Å². The summed E-state index contributed by atoms with van der Waals surface area (Å²) in [5.74, 6) is -3.25.